The normalized spacial score (nSPS) is 12.9. The van der Waals surface area contributed by atoms with Crippen molar-refractivity contribution in [3.8, 4) is 56.4 Å². The van der Waals surface area contributed by atoms with Crippen molar-refractivity contribution in [1.29, 1.82) is 0 Å². The molecule has 1 aliphatic carbocycles. The van der Waals surface area contributed by atoms with Gasteiger partial charge in [-0.25, -0.2) is 15.0 Å². The molecule has 1 aliphatic rings. The third kappa shape index (κ3) is 5.51. The number of hydrogen-bond donors (Lipinski definition) is 0. The standard InChI is InChI=1S/C55H35N3O2/c1-3-17-34(18-4-1)36-21-7-8-22-37(36)47-33-46(35-19-5-2-6-20-35)38-23-9-10-26-41(38)50(47)55-57-53(44-29-15-27-42-39-24-11-13-31-48(39)59-51(42)44)56-54(58-55)45-30-16-28-43-40-25-12-14-32-49(40)60-52(43)45/h2-3,5-33H,1,4H2. The third-order valence-electron chi connectivity index (χ3n) is 11.8. The van der Waals surface area contributed by atoms with Crippen molar-refractivity contribution in [2.45, 2.75) is 12.8 Å². The van der Waals surface area contributed by atoms with Gasteiger partial charge in [-0.2, -0.15) is 0 Å². The molecule has 0 saturated carbocycles. The lowest BCUT2D eigenvalue weighted by Gasteiger charge is -2.20. The zero-order chi connectivity index (χ0) is 39.6. The average molecular weight is 770 g/mol. The minimum absolute atomic E-state index is 0.515. The molecule has 11 aromatic rings. The third-order valence-corrected chi connectivity index (χ3v) is 11.8. The minimum atomic E-state index is 0.515. The Morgan fingerprint density at radius 2 is 0.883 bits per heavy atom. The first-order valence-electron chi connectivity index (χ1n) is 20.4. The van der Waals surface area contributed by atoms with Gasteiger partial charge in [-0.1, -0.05) is 158 Å². The number of allylic oxidation sites excluding steroid dienone is 4. The van der Waals surface area contributed by atoms with Crippen molar-refractivity contribution < 1.29 is 8.83 Å². The summed E-state index contributed by atoms with van der Waals surface area (Å²) in [6.07, 6.45) is 8.91. The van der Waals surface area contributed by atoms with Gasteiger partial charge in [0.2, 0.25) is 0 Å². The van der Waals surface area contributed by atoms with Crippen LogP contribution in [-0.4, -0.2) is 15.0 Å². The summed E-state index contributed by atoms with van der Waals surface area (Å²) in [6.45, 7) is 0. The van der Waals surface area contributed by atoms with Crippen molar-refractivity contribution >= 4 is 60.2 Å². The van der Waals surface area contributed by atoms with E-state index in [0.29, 0.717) is 17.5 Å². The van der Waals surface area contributed by atoms with Gasteiger partial charge in [-0.05, 0) is 87.3 Å². The number of aromatic nitrogens is 3. The summed E-state index contributed by atoms with van der Waals surface area (Å²) >= 11 is 0. The molecule has 0 bridgehead atoms. The van der Waals surface area contributed by atoms with Crippen LogP contribution in [-0.2, 0) is 0 Å². The van der Waals surface area contributed by atoms with E-state index in [1.165, 1.54) is 5.57 Å². The maximum absolute atomic E-state index is 6.62. The molecule has 0 radical (unpaired) electrons. The fourth-order valence-electron chi connectivity index (χ4n) is 9.04. The minimum Gasteiger partial charge on any atom is -0.455 e. The second-order valence-corrected chi connectivity index (χ2v) is 15.3. The highest BCUT2D eigenvalue weighted by molar-refractivity contribution is 6.13. The lowest BCUT2D eigenvalue weighted by Crippen LogP contribution is -2.03. The van der Waals surface area contributed by atoms with E-state index in [9.17, 15) is 0 Å². The van der Waals surface area contributed by atoms with E-state index < -0.39 is 0 Å². The SMILES string of the molecule is C1=CC(c2ccccc2-c2cc(-c3ccccc3)c3ccccc3c2-c2nc(-c3cccc4c3oc3ccccc34)nc(-c3cccc4c3oc3ccccc34)n2)=CCC1. The first kappa shape index (κ1) is 34.2. The monoisotopic (exact) mass is 769 g/mol. The van der Waals surface area contributed by atoms with Gasteiger partial charge in [0.05, 0.1) is 11.1 Å². The molecule has 60 heavy (non-hydrogen) atoms. The lowest BCUT2D eigenvalue weighted by atomic mass is 9.84. The highest BCUT2D eigenvalue weighted by Gasteiger charge is 2.25. The van der Waals surface area contributed by atoms with Crippen LogP contribution in [0.25, 0.3) is 117 Å². The Kier molecular flexibility index (Phi) is 7.91. The Morgan fingerprint density at radius 1 is 0.367 bits per heavy atom. The van der Waals surface area contributed by atoms with Crippen LogP contribution in [0, 0.1) is 0 Å². The summed E-state index contributed by atoms with van der Waals surface area (Å²) in [4.78, 5) is 16.3. The Bertz CT molecular complexity index is 3420. The van der Waals surface area contributed by atoms with E-state index >= 15 is 0 Å². The van der Waals surface area contributed by atoms with E-state index in [0.717, 1.165) is 112 Å². The molecule has 0 spiro atoms. The number of hydrogen-bond acceptors (Lipinski definition) is 5. The van der Waals surface area contributed by atoms with Crippen LogP contribution < -0.4 is 0 Å². The van der Waals surface area contributed by atoms with Gasteiger partial charge < -0.3 is 8.83 Å². The number of fused-ring (bicyclic) bond motifs is 7. The Morgan fingerprint density at radius 3 is 1.52 bits per heavy atom. The first-order chi connectivity index (χ1) is 29.8. The molecule has 0 N–H and O–H groups in total. The highest BCUT2D eigenvalue weighted by Crippen LogP contribution is 2.46. The summed E-state index contributed by atoms with van der Waals surface area (Å²) in [6, 6.07) is 59.0. The largest absolute Gasteiger partial charge is 0.455 e. The van der Waals surface area contributed by atoms with E-state index in [4.69, 9.17) is 23.8 Å². The van der Waals surface area contributed by atoms with Crippen molar-refractivity contribution in [3.63, 3.8) is 0 Å². The molecule has 0 fully saturated rings. The number of rotatable bonds is 6. The summed E-state index contributed by atoms with van der Waals surface area (Å²) in [5, 5.41) is 6.26. The van der Waals surface area contributed by atoms with Crippen molar-refractivity contribution in [3.05, 3.63) is 194 Å². The van der Waals surface area contributed by atoms with Gasteiger partial charge in [0.25, 0.3) is 0 Å². The van der Waals surface area contributed by atoms with Gasteiger partial charge in [0.15, 0.2) is 17.5 Å². The van der Waals surface area contributed by atoms with Crippen LogP contribution in [0.4, 0.5) is 0 Å². The second-order valence-electron chi connectivity index (χ2n) is 15.3. The van der Waals surface area contributed by atoms with Crippen LogP contribution in [0.15, 0.2) is 197 Å². The molecule has 282 valence electrons. The van der Waals surface area contributed by atoms with Gasteiger partial charge in [-0.15, -0.1) is 0 Å². The quantitative estimate of drug-likeness (QED) is 0.168. The number of benzene rings is 8. The molecular weight excluding hydrogens is 735 g/mol. The van der Waals surface area contributed by atoms with Crippen LogP contribution in [0.5, 0.6) is 0 Å². The van der Waals surface area contributed by atoms with E-state index in [1.54, 1.807) is 0 Å². The van der Waals surface area contributed by atoms with E-state index in [1.807, 2.05) is 48.5 Å². The summed E-state index contributed by atoms with van der Waals surface area (Å²) in [5.41, 5.74) is 12.4. The topological polar surface area (TPSA) is 65.0 Å². The molecule has 3 heterocycles. The Hall–Kier alpha value is -7.89. The molecular formula is C55H35N3O2. The van der Waals surface area contributed by atoms with Gasteiger partial charge >= 0.3 is 0 Å². The predicted octanol–water partition coefficient (Wildman–Crippen LogP) is 14.9. The zero-order valence-corrected chi connectivity index (χ0v) is 32.5. The second kappa shape index (κ2) is 13.9. The first-order valence-corrected chi connectivity index (χ1v) is 20.4. The molecule has 5 heteroatoms. The molecule has 0 atom stereocenters. The highest BCUT2D eigenvalue weighted by atomic mass is 16.3. The molecule has 0 unspecified atom stereocenters. The Labute approximate surface area is 345 Å². The predicted molar refractivity (Wildman–Crippen MR) is 245 cm³/mol. The average Bonchev–Trinajstić information content (AvgIpc) is 3.90. The Balaban J connectivity index is 1.21. The fourth-order valence-corrected chi connectivity index (χ4v) is 9.04. The molecule has 3 aromatic heterocycles. The zero-order valence-electron chi connectivity index (χ0n) is 32.5. The summed E-state index contributed by atoms with van der Waals surface area (Å²) in [5.74, 6) is 1.59. The summed E-state index contributed by atoms with van der Waals surface area (Å²) < 4.78 is 13.2. The molecule has 0 amide bonds. The fraction of sp³-hybridized carbons (Fsp3) is 0.0364. The van der Waals surface area contributed by atoms with E-state index in [2.05, 4.69) is 140 Å². The molecule has 0 saturated heterocycles. The van der Waals surface area contributed by atoms with Gasteiger partial charge in [0.1, 0.15) is 22.3 Å². The van der Waals surface area contributed by atoms with Gasteiger partial charge in [0, 0.05) is 27.1 Å². The van der Waals surface area contributed by atoms with Crippen molar-refractivity contribution in [2.75, 3.05) is 0 Å². The van der Waals surface area contributed by atoms with Crippen molar-refractivity contribution in [2.24, 2.45) is 0 Å². The maximum atomic E-state index is 6.62. The lowest BCUT2D eigenvalue weighted by molar-refractivity contribution is 0.669. The molecule has 12 rings (SSSR count). The smallest absolute Gasteiger partial charge is 0.167 e. The summed E-state index contributed by atoms with van der Waals surface area (Å²) in [7, 11) is 0. The molecule has 5 nitrogen and oxygen atoms in total. The number of para-hydroxylation sites is 4. The van der Waals surface area contributed by atoms with Gasteiger partial charge in [-0.3, -0.25) is 0 Å². The van der Waals surface area contributed by atoms with Crippen LogP contribution in [0.1, 0.15) is 18.4 Å². The van der Waals surface area contributed by atoms with Crippen molar-refractivity contribution in [1.82, 2.24) is 15.0 Å². The van der Waals surface area contributed by atoms with Crippen LogP contribution in [0.2, 0.25) is 0 Å². The van der Waals surface area contributed by atoms with Crippen LogP contribution in [0.3, 0.4) is 0 Å². The van der Waals surface area contributed by atoms with E-state index in [-0.39, 0.29) is 0 Å². The number of nitrogens with zero attached hydrogens (tertiary/aromatic N) is 3. The molecule has 0 aliphatic heterocycles. The maximum Gasteiger partial charge on any atom is 0.167 e. The van der Waals surface area contributed by atoms with Crippen LogP contribution >= 0.6 is 0 Å². The molecule has 8 aromatic carbocycles. The number of furan rings is 2.